The van der Waals surface area contributed by atoms with Gasteiger partial charge in [-0.3, -0.25) is 9.78 Å². The number of nitrogens with one attached hydrogen (secondary N) is 1. The maximum atomic E-state index is 15.3. The molecule has 2 aliphatic heterocycles. The normalized spacial score (nSPS) is 25.5. The second-order valence-electron chi connectivity index (χ2n) is 17.6. The van der Waals surface area contributed by atoms with Crippen molar-refractivity contribution in [2.24, 2.45) is 22.9 Å². The number of oxime groups is 1. The number of unbranched alkanes of at least 4 members (excludes halogenated alkanes) is 2. The lowest BCUT2D eigenvalue weighted by atomic mass is 9.55. The van der Waals surface area contributed by atoms with E-state index in [9.17, 15) is 15.0 Å². The first kappa shape index (κ1) is 48.3. The van der Waals surface area contributed by atoms with E-state index in [-0.39, 0.29) is 67.9 Å². The van der Waals surface area contributed by atoms with Gasteiger partial charge in [0.1, 0.15) is 18.1 Å². The fourth-order valence-corrected chi connectivity index (χ4v) is 11.9. The van der Waals surface area contributed by atoms with Crippen molar-refractivity contribution < 1.29 is 47.2 Å². The third kappa shape index (κ3) is 11.0. The van der Waals surface area contributed by atoms with Crippen LogP contribution in [0.25, 0.3) is 0 Å². The summed E-state index contributed by atoms with van der Waals surface area (Å²) in [4.78, 5) is 22.8. The summed E-state index contributed by atoms with van der Waals surface area (Å²) >= 11 is 0. The molecule has 7 atom stereocenters. The quantitative estimate of drug-likeness (QED) is 0.0503. The number of hydrogen-bond donors (Lipinski definition) is 3. The van der Waals surface area contributed by atoms with Gasteiger partial charge in [0.05, 0.1) is 41.5 Å². The topological polar surface area (TPSA) is 178 Å². The monoisotopic (exact) mass is 914 g/mol. The van der Waals surface area contributed by atoms with E-state index in [0.717, 1.165) is 61.0 Å². The van der Waals surface area contributed by atoms with Gasteiger partial charge in [-0.05, 0) is 124 Å². The maximum absolute atomic E-state index is 15.3. The molecule has 2 aliphatic carbocycles. The number of amides is 1. The number of sulfonamides is 1. The zero-order valence-corrected chi connectivity index (χ0v) is 38.8. The second kappa shape index (κ2) is 22.2. The Balaban J connectivity index is 1.44. The molecule has 3 N–H and O–H groups in total. The zero-order chi connectivity index (χ0) is 46.0. The van der Waals surface area contributed by atoms with Crippen molar-refractivity contribution >= 4 is 27.3 Å². The summed E-state index contributed by atoms with van der Waals surface area (Å²) < 4.78 is 58.9. The zero-order valence-electron chi connectivity index (χ0n) is 38.0. The average Bonchev–Trinajstić information content (AvgIpc) is 3.30. The van der Waals surface area contributed by atoms with E-state index in [1.165, 1.54) is 23.4 Å². The molecule has 14 nitrogen and oxygen atoms in total. The summed E-state index contributed by atoms with van der Waals surface area (Å²) in [6.45, 7) is 10.5. The van der Waals surface area contributed by atoms with Gasteiger partial charge in [-0.2, -0.15) is 4.31 Å². The smallest absolute Gasteiger partial charge is 0.243 e. The number of pyridine rings is 1. The molecule has 1 unspecified atom stereocenters. The molecule has 7 rings (SSSR count). The van der Waals surface area contributed by atoms with E-state index in [1.54, 1.807) is 18.2 Å². The number of aliphatic hydroxyl groups excluding tert-OH is 2. The van der Waals surface area contributed by atoms with Gasteiger partial charge in [-0.1, -0.05) is 43.1 Å². The van der Waals surface area contributed by atoms with Crippen molar-refractivity contribution in [2.75, 3.05) is 38.3 Å². The number of aliphatic hydroxyl groups is 2. The highest BCUT2D eigenvalue weighted by atomic mass is 32.2. The number of hydrogen-bond acceptors (Lipinski definition) is 12. The number of aromatic nitrogens is 1. The number of nitrogens with zero attached hydrogens (tertiary/aromatic N) is 3. The standard InChI is InChI=1S/C50H66N4O10S/c1-5-25-54(65(58,59)40-22-19-37(20-23-40)52-35(4)57)46-32-44(53-64-47-18-9-12-29-60-47)42-30-36(15-7-10-26-55)41(17-8-11-27-56)48-43-31-39(61-33-38-16-13-14-34(3)51-38)21-24-45(43)63-50(46,49(42)48)62-28-6-2/h6,13-14,16,19-24,30-31,36,41,46-49,55-56H,2,5,7-12,15,17-18,25-29,32-33H2,1,3-4H3,(H,52,57)/t36-,41+,46-,47?,48+,49+,50+/m0/s1. The molecule has 2 aromatic carbocycles. The first-order valence-electron chi connectivity index (χ1n) is 23.3. The Morgan fingerprint density at radius 3 is 2.54 bits per heavy atom. The fraction of sp³-hybridized carbons (Fsp3) is 0.540. The first-order valence-corrected chi connectivity index (χ1v) is 24.8. The van der Waals surface area contributed by atoms with Crippen LogP contribution in [0.1, 0.15) is 107 Å². The predicted octanol–water partition coefficient (Wildman–Crippen LogP) is 8.19. The highest BCUT2D eigenvalue weighted by Gasteiger charge is 2.66. The van der Waals surface area contributed by atoms with Crippen molar-refractivity contribution in [1.82, 2.24) is 9.29 Å². The molecule has 1 aromatic heterocycles. The summed E-state index contributed by atoms with van der Waals surface area (Å²) in [6, 6.07) is 16.9. The Bertz CT molecular complexity index is 2260. The Labute approximate surface area is 384 Å². The molecule has 3 heterocycles. The number of anilines is 1. The van der Waals surface area contributed by atoms with Gasteiger partial charge >= 0.3 is 0 Å². The summed E-state index contributed by atoms with van der Waals surface area (Å²) in [5.41, 5.74) is 4.54. The van der Waals surface area contributed by atoms with E-state index in [0.29, 0.717) is 55.2 Å². The SMILES string of the molecule is C=CCO[C@@]12Oc3ccc(OCc4cccc(C)n4)cc3[C@H]3[C@H](CCCCO)[C@@H](CCCCO)C=C(C(=NOC4CCCCO4)C[C@@H]1N(CCC)S(=O)(=O)c1ccc(NC(C)=O)cc1)[C@H]32. The molecule has 65 heavy (non-hydrogen) atoms. The van der Waals surface area contributed by atoms with Crippen LogP contribution in [0.15, 0.2) is 95.0 Å². The minimum absolute atomic E-state index is 0.0165. The molecule has 15 heteroatoms. The third-order valence-corrected chi connectivity index (χ3v) is 14.9. The highest BCUT2D eigenvalue weighted by molar-refractivity contribution is 7.89. The van der Waals surface area contributed by atoms with Gasteiger partial charge in [0.25, 0.3) is 0 Å². The predicted molar refractivity (Wildman–Crippen MR) is 248 cm³/mol. The van der Waals surface area contributed by atoms with Gasteiger partial charge < -0.3 is 39.3 Å². The molecule has 1 saturated heterocycles. The van der Waals surface area contributed by atoms with Crippen LogP contribution in [0.2, 0.25) is 0 Å². The van der Waals surface area contributed by atoms with Crippen LogP contribution in [-0.4, -0.2) is 90.6 Å². The number of ether oxygens (including phenoxy) is 4. The Morgan fingerprint density at radius 2 is 1.85 bits per heavy atom. The highest BCUT2D eigenvalue weighted by Crippen LogP contribution is 2.62. The van der Waals surface area contributed by atoms with E-state index in [2.05, 4.69) is 23.0 Å². The molecule has 352 valence electrons. The largest absolute Gasteiger partial charge is 0.487 e. The van der Waals surface area contributed by atoms with E-state index >= 15 is 8.42 Å². The van der Waals surface area contributed by atoms with Gasteiger partial charge in [-0.15, -0.1) is 6.58 Å². The lowest BCUT2D eigenvalue weighted by Gasteiger charge is -2.59. The molecule has 1 saturated carbocycles. The number of allylic oxidation sites excluding steroid dienone is 1. The van der Waals surface area contributed by atoms with Crippen LogP contribution in [-0.2, 0) is 35.7 Å². The molecule has 3 aromatic rings. The van der Waals surface area contributed by atoms with Crippen LogP contribution in [0.5, 0.6) is 11.5 Å². The minimum Gasteiger partial charge on any atom is -0.487 e. The van der Waals surface area contributed by atoms with Crippen LogP contribution >= 0.6 is 0 Å². The van der Waals surface area contributed by atoms with Gasteiger partial charge in [0, 0.05) is 62.4 Å². The Morgan fingerprint density at radius 1 is 1.06 bits per heavy atom. The van der Waals surface area contributed by atoms with E-state index in [4.69, 9.17) is 28.9 Å². The Hall–Kier alpha value is -4.64. The first-order chi connectivity index (χ1) is 31.5. The van der Waals surface area contributed by atoms with Gasteiger partial charge in [-0.25, -0.2) is 8.42 Å². The van der Waals surface area contributed by atoms with Gasteiger partial charge in [0.15, 0.2) is 0 Å². The lowest BCUT2D eigenvalue weighted by Crippen LogP contribution is -2.70. The number of aryl methyl sites for hydroxylation is 1. The number of fused-ring (bicyclic) bond motifs is 2. The number of carbonyl (C=O) groups is 1. The second-order valence-corrected chi connectivity index (χ2v) is 19.4. The number of carbonyl (C=O) groups excluding carboxylic acids is 1. The van der Waals surface area contributed by atoms with Crippen molar-refractivity contribution in [2.45, 2.75) is 127 Å². The molecular formula is C50H66N4O10S. The summed E-state index contributed by atoms with van der Waals surface area (Å²) in [5.74, 6) is -1.56. The minimum atomic E-state index is -4.26. The number of benzene rings is 2. The summed E-state index contributed by atoms with van der Waals surface area (Å²) in [7, 11) is -4.26. The average molecular weight is 915 g/mol. The number of rotatable bonds is 22. The summed E-state index contributed by atoms with van der Waals surface area (Å²) in [6.07, 6.45) is 10.9. The van der Waals surface area contributed by atoms with Crippen LogP contribution < -0.4 is 14.8 Å². The summed E-state index contributed by atoms with van der Waals surface area (Å²) in [5, 5.41) is 27.6. The van der Waals surface area contributed by atoms with Crippen molar-refractivity contribution in [3.05, 3.63) is 102 Å². The lowest BCUT2D eigenvalue weighted by molar-refractivity contribution is -0.251. The molecule has 2 fully saturated rings. The Kier molecular flexibility index (Phi) is 16.5. The van der Waals surface area contributed by atoms with Crippen LogP contribution in [0, 0.1) is 24.7 Å². The molecule has 0 radical (unpaired) electrons. The maximum Gasteiger partial charge on any atom is 0.243 e. The third-order valence-electron chi connectivity index (χ3n) is 13.0. The molecule has 1 amide bonds. The molecular weight excluding hydrogens is 849 g/mol. The van der Waals surface area contributed by atoms with Crippen LogP contribution in [0.3, 0.4) is 0 Å². The fourth-order valence-electron chi connectivity index (χ4n) is 10.2. The van der Waals surface area contributed by atoms with Gasteiger partial charge in [0.2, 0.25) is 28.0 Å². The van der Waals surface area contributed by atoms with Crippen molar-refractivity contribution in [1.29, 1.82) is 0 Å². The molecule has 4 aliphatic rings. The van der Waals surface area contributed by atoms with Crippen LogP contribution in [0.4, 0.5) is 5.69 Å². The molecule has 0 bridgehead atoms. The van der Waals surface area contributed by atoms with E-state index in [1.807, 2.05) is 50.2 Å². The van der Waals surface area contributed by atoms with E-state index < -0.39 is 34.1 Å². The molecule has 0 spiro atoms. The van der Waals surface area contributed by atoms with Crippen molar-refractivity contribution in [3.8, 4) is 11.5 Å². The van der Waals surface area contributed by atoms with Crippen molar-refractivity contribution in [3.63, 3.8) is 0 Å².